The number of fused-ring (bicyclic) bond motifs is 6. The monoisotopic (exact) mass is 486 g/mol. The fraction of sp³-hybridized carbons (Fsp3) is 0.129. The summed E-state index contributed by atoms with van der Waals surface area (Å²) in [6, 6.07) is 26.0. The topological polar surface area (TPSA) is 79.6 Å². The highest BCUT2D eigenvalue weighted by Crippen LogP contribution is 2.62. The number of amides is 1. The highest BCUT2D eigenvalue weighted by Gasteiger charge is 2.70. The van der Waals surface area contributed by atoms with Crippen LogP contribution in [-0.2, 0) is 10.2 Å². The van der Waals surface area contributed by atoms with Gasteiger partial charge in [0.15, 0.2) is 11.5 Å². The molecule has 1 N–H and O–H groups in total. The number of benzene rings is 3. The summed E-state index contributed by atoms with van der Waals surface area (Å²) in [6.45, 7) is 0. The number of rotatable bonds is 4. The normalized spacial score (nSPS) is 24.9. The summed E-state index contributed by atoms with van der Waals surface area (Å²) < 4.78 is 5.53. The smallest absolute Gasteiger partial charge is 0.238 e. The Labute approximate surface area is 213 Å². The summed E-state index contributed by atoms with van der Waals surface area (Å²) in [5.41, 5.74) is 2.37. The summed E-state index contributed by atoms with van der Waals surface area (Å²) in [4.78, 5) is 44.8. The van der Waals surface area contributed by atoms with E-state index in [0.717, 1.165) is 16.7 Å². The van der Waals surface area contributed by atoms with Crippen LogP contribution in [0, 0.1) is 5.92 Å². The highest BCUT2D eigenvalue weighted by atomic mass is 16.3. The maximum Gasteiger partial charge on any atom is 0.238 e. The van der Waals surface area contributed by atoms with Crippen molar-refractivity contribution in [2.75, 3.05) is 5.32 Å². The van der Waals surface area contributed by atoms with Crippen LogP contribution in [0.1, 0.15) is 43.6 Å². The number of nitrogens with zero attached hydrogens (tertiary/aromatic N) is 1. The lowest BCUT2D eigenvalue weighted by Crippen LogP contribution is -2.49. The van der Waals surface area contributed by atoms with Gasteiger partial charge in [-0.2, -0.15) is 0 Å². The van der Waals surface area contributed by atoms with Gasteiger partial charge in [0.05, 0.1) is 18.2 Å². The van der Waals surface area contributed by atoms with Crippen LogP contribution in [0.25, 0.3) is 6.08 Å². The van der Waals surface area contributed by atoms with Gasteiger partial charge >= 0.3 is 0 Å². The van der Waals surface area contributed by atoms with Gasteiger partial charge in [0.25, 0.3) is 0 Å². The lowest BCUT2D eigenvalue weighted by atomic mass is 9.62. The molecule has 1 saturated heterocycles. The van der Waals surface area contributed by atoms with Gasteiger partial charge in [0.1, 0.15) is 11.5 Å². The van der Waals surface area contributed by atoms with E-state index in [2.05, 4.69) is 5.32 Å². The number of Topliss-reactive ketones (excluding diaryl/α,β-unsaturated/α-hetero) is 2. The van der Waals surface area contributed by atoms with Crippen LogP contribution in [0.5, 0.6) is 0 Å². The first-order valence-electron chi connectivity index (χ1n) is 12.2. The van der Waals surface area contributed by atoms with E-state index < -0.39 is 23.4 Å². The molecule has 0 bridgehead atoms. The van der Waals surface area contributed by atoms with Gasteiger partial charge in [-0.1, -0.05) is 72.8 Å². The van der Waals surface area contributed by atoms with Crippen molar-refractivity contribution in [2.24, 2.45) is 5.92 Å². The van der Waals surface area contributed by atoms with Gasteiger partial charge in [0, 0.05) is 17.5 Å². The molecule has 3 aliphatic heterocycles. The standard InChI is InChI=1S/C31H22N2O4/c34-27(20-10-2-1-3-11-20)25-26(28(35)24-15-8-18-37-24)33-17-16-19-9-4-5-12-21(19)29(33)31(25)22-13-6-7-14-23(22)32-30(31)36/h1-18,25-26,29H,(H,32,36)/t25-,26-,29+,31+/m0/s1. The molecular weight excluding hydrogens is 464 g/mol. The van der Waals surface area contributed by atoms with E-state index in [-0.39, 0.29) is 23.2 Å². The van der Waals surface area contributed by atoms with E-state index in [4.69, 9.17) is 4.42 Å². The van der Waals surface area contributed by atoms with Crippen LogP contribution in [0.4, 0.5) is 5.69 Å². The third-order valence-corrected chi connectivity index (χ3v) is 7.94. The minimum Gasteiger partial charge on any atom is -0.461 e. The molecule has 3 aliphatic rings. The average molecular weight is 487 g/mol. The molecule has 0 saturated carbocycles. The van der Waals surface area contributed by atoms with Crippen LogP contribution < -0.4 is 5.32 Å². The second-order valence-electron chi connectivity index (χ2n) is 9.66. The number of para-hydroxylation sites is 1. The van der Waals surface area contributed by atoms with Crippen LogP contribution in [0.2, 0.25) is 0 Å². The van der Waals surface area contributed by atoms with E-state index in [1.165, 1.54) is 6.26 Å². The Morgan fingerprint density at radius 2 is 1.59 bits per heavy atom. The predicted molar refractivity (Wildman–Crippen MR) is 138 cm³/mol. The Morgan fingerprint density at radius 3 is 2.41 bits per heavy atom. The fourth-order valence-corrected chi connectivity index (χ4v) is 6.51. The summed E-state index contributed by atoms with van der Waals surface area (Å²) in [6.07, 6.45) is 5.24. The number of anilines is 1. The zero-order valence-electron chi connectivity index (χ0n) is 19.7. The number of carbonyl (C=O) groups is 3. The molecule has 1 fully saturated rings. The molecule has 1 amide bonds. The van der Waals surface area contributed by atoms with Gasteiger partial charge in [-0.3, -0.25) is 14.4 Å². The minimum absolute atomic E-state index is 0.158. The van der Waals surface area contributed by atoms with Crippen molar-refractivity contribution < 1.29 is 18.8 Å². The van der Waals surface area contributed by atoms with Crippen molar-refractivity contribution in [3.05, 3.63) is 131 Å². The number of nitrogens with one attached hydrogen (secondary N) is 1. The van der Waals surface area contributed by atoms with Crippen molar-refractivity contribution in [1.29, 1.82) is 0 Å². The van der Waals surface area contributed by atoms with Gasteiger partial charge in [0.2, 0.25) is 11.7 Å². The number of ketones is 2. The highest BCUT2D eigenvalue weighted by molar-refractivity contribution is 6.16. The quantitative estimate of drug-likeness (QED) is 0.398. The van der Waals surface area contributed by atoms with Gasteiger partial charge < -0.3 is 14.6 Å². The Morgan fingerprint density at radius 1 is 0.838 bits per heavy atom. The van der Waals surface area contributed by atoms with Crippen LogP contribution in [-0.4, -0.2) is 28.4 Å². The van der Waals surface area contributed by atoms with Crippen LogP contribution >= 0.6 is 0 Å². The van der Waals surface area contributed by atoms with Crippen LogP contribution in [0.15, 0.2) is 108 Å². The average Bonchev–Trinajstić information content (AvgIpc) is 3.65. The molecule has 3 aromatic carbocycles. The third-order valence-electron chi connectivity index (χ3n) is 7.94. The zero-order valence-corrected chi connectivity index (χ0v) is 19.7. The molecule has 37 heavy (non-hydrogen) atoms. The van der Waals surface area contributed by atoms with Crippen molar-refractivity contribution >= 4 is 29.2 Å². The molecule has 180 valence electrons. The molecule has 4 aromatic rings. The molecule has 6 heteroatoms. The first-order valence-corrected chi connectivity index (χ1v) is 12.2. The Balaban J connectivity index is 1.56. The number of furan rings is 1. The molecular formula is C31H22N2O4. The first kappa shape index (κ1) is 21.6. The van der Waals surface area contributed by atoms with E-state index in [1.54, 1.807) is 36.4 Å². The lowest BCUT2D eigenvalue weighted by Gasteiger charge is -2.38. The summed E-state index contributed by atoms with van der Waals surface area (Å²) >= 11 is 0. The predicted octanol–water partition coefficient (Wildman–Crippen LogP) is 5.26. The summed E-state index contributed by atoms with van der Waals surface area (Å²) in [5, 5.41) is 3.05. The Bertz CT molecular complexity index is 1590. The largest absolute Gasteiger partial charge is 0.461 e. The van der Waals surface area contributed by atoms with Crippen molar-refractivity contribution in [3.63, 3.8) is 0 Å². The maximum atomic E-state index is 14.5. The van der Waals surface area contributed by atoms with E-state index in [9.17, 15) is 14.4 Å². The molecule has 6 nitrogen and oxygen atoms in total. The molecule has 4 heterocycles. The number of carbonyl (C=O) groups excluding carboxylic acids is 3. The molecule has 0 unspecified atom stereocenters. The molecule has 1 aromatic heterocycles. The Kier molecular flexibility index (Phi) is 4.60. The molecule has 0 radical (unpaired) electrons. The fourth-order valence-electron chi connectivity index (χ4n) is 6.51. The van der Waals surface area contributed by atoms with Gasteiger partial charge in [-0.25, -0.2) is 0 Å². The summed E-state index contributed by atoms with van der Waals surface area (Å²) in [7, 11) is 0. The molecule has 1 spiro atoms. The van der Waals surface area contributed by atoms with Gasteiger partial charge in [-0.05, 0) is 41.0 Å². The van der Waals surface area contributed by atoms with Crippen molar-refractivity contribution in [2.45, 2.75) is 17.5 Å². The van der Waals surface area contributed by atoms with E-state index in [0.29, 0.717) is 11.3 Å². The number of hydrogen-bond donors (Lipinski definition) is 1. The Hall–Kier alpha value is -4.71. The first-order chi connectivity index (χ1) is 18.1. The second-order valence-corrected chi connectivity index (χ2v) is 9.66. The minimum atomic E-state index is -1.34. The third kappa shape index (κ3) is 2.84. The second kappa shape index (κ2) is 7.90. The number of hydrogen-bond acceptors (Lipinski definition) is 5. The molecule has 0 aliphatic carbocycles. The zero-order chi connectivity index (χ0) is 25.1. The van der Waals surface area contributed by atoms with Crippen LogP contribution in [0.3, 0.4) is 0 Å². The van der Waals surface area contributed by atoms with Crippen molar-refractivity contribution in [3.8, 4) is 0 Å². The lowest BCUT2D eigenvalue weighted by molar-refractivity contribution is -0.122. The van der Waals surface area contributed by atoms with Gasteiger partial charge in [-0.15, -0.1) is 0 Å². The summed E-state index contributed by atoms with van der Waals surface area (Å²) in [5.74, 6) is -1.71. The van der Waals surface area contributed by atoms with Crippen molar-refractivity contribution in [1.82, 2.24) is 4.90 Å². The molecule has 7 rings (SSSR count). The van der Waals surface area contributed by atoms with E-state index in [1.807, 2.05) is 71.8 Å². The maximum absolute atomic E-state index is 14.5. The molecule has 4 atom stereocenters. The SMILES string of the molecule is O=C(c1ccco1)[C@@H]1[C@@H](C(=O)c2ccccc2)[C@@]2(C(=O)Nc3ccccc32)[C@H]2c3ccccc3C=CN12. The van der Waals surface area contributed by atoms with E-state index >= 15 is 0 Å².